The van der Waals surface area contributed by atoms with Crippen LogP contribution in [0.15, 0.2) is 18.2 Å². The van der Waals surface area contributed by atoms with Gasteiger partial charge in [-0.05, 0) is 60.8 Å². The molecule has 0 N–H and O–H groups in total. The molecule has 0 aromatic heterocycles. The van der Waals surface area contributed by atoms with Gasteiger partial charge >= 0.3 is 0 Å². The molecule has 2 aliphatic carbocycles. The Morgan fingerprint density at radius 3 is 1.47 bits per heavy atom. The molecule has 2 aliphatic rings. The largest absolute Gasteiger partial charge is 0.207 e. The number of hydrogen-bond donors (Lipinski definition) is 0. The van der Waals surface area contributed by atoms with Crippen LogP contribution in [0.3, 0.4) is 0 Å². The van der Waals surface area contributed by atoms with E-state index in [1.165, 1.54) is 75.3 Å². The van der Waals surface area contributed by atoms with Crippen molar-refractivity contribution >= 4 is 0 Å². The van der Waals surface area contributed by atoms with E-state index in [1.807, 2.05) is 0 Å². The summed E-state index contributed by atoms with van der Waals surface area (Å²) in [5, 5.41) is 0. The van der Waals surface area contributed by atoms with Gasteiger partial charge in [-0.1, -0.05) is 44.6 Å². The van der Waals surface area contributed by atoms with Crippen LogP contribution in [0.4, 0.5) is 4.39 Å². The van der Waals surface area contributed by atoms with Crippen LogP contribution in [0, 0.1) is 5.82 Å². The highest BCUT2D eigenvalue weighted by Crippen LogP contribution is 2.37. The molecule has 0 amide bonds. The van der Waals surface area contributed by atoms with E-state index in [4.69, 9.17) is 0 Å². The lowest BCUT2D eigenvalue weighted by molar-refractivity contribution is 0.432. The fraction of sp³-hybridized carbons (Fsp3) is 0.667. The smallest absolute Gasteiger partial charge is 0.123 e. The zero-order valence-electron chi connectivity index (χ0n) is 11.8. The molecule has 0 aliphatic heterocycles. The highest BCUT2D eigenvalue weighted by Gasteiger charge is 2.20. The maximum Gasteiger partial charge on any atom is 0.123 e. The van der Waals surface area contributed by atoms with Crippen molar-refractivity contribution in [2.24, 2.45) is 0 Å². The quantitative estimate of drug-likeness (QED) is 0.619. The maximum atomic E-state index is 13.9. The zero-order chi connectivity index (χ0) is 13.1. The van der Waals surface area contributed by atoms with Crippen molar-refractivity contribution in [1.29, 1.82) is 0 Å². The first kappa shape index (κ1) is 13.1. The first-order chi connectivity index (χ1) is 9.33. The van der Waals surface area contributed by atoms with Crippen LogP contribution in [0.25, 0.3) is 0 Å². The average Bonchev–Trinajstić information content (AvgIpc) is 2.48. The van der Waals surface area contributed by atoms with Crippen LogP contribution in [0.1, 0.15) is 87.2 Å². The van der Waals surface area contributed by atoms with Crippen molar-refractivity contribution in [2.45, 2.75) is 76.0 Å². The maximum absolute atomic E-state index is 13.9. The molecule has 2 fully saturated rings. The number of rotatable bonds is 2. The summed E-state index contributed by atoms with van der Waals surface area (Å²) >= 11 is 0. The molecule has 19 heavy (non-hydrogen) atoms. The predicted octanol–water partition coefficient (Wildman–Crippen LogP) is 5.92. The number of halogens is 1. The lowest BCUT2D eigenvalue weighted by Gasteiger charge is -2.26. The van der Waals surface area contributed by atoms with Gasteiger partial charge in [-0.2, -0.15) is 0 Å². The molecule has 104 valence electrons. The van der Waals surface area contributed by atoms with Gasteiger partial charge in [0.25, 0.3) is 0 Å². The second kappa shape index (κ2) is 6.07. The Morgan fingerprint density at radius 1 is 0.632 bits per heavy atom. The lowest BCUT2D eigenvalue weighted by atomic mass is 9.80. The van der Waals surface area contributed by atoms with E-state index in [9.17, 15) is 4.39 Å². The van der Waals surface area contributed by atoms with Crippen LogP contribution in [0.2, 0.25) is 0 Å². The molecule has 0 unspecified atom stereocenters. The van der Waals surface area contributed by atoms with Crippen LogP contribution >= 0.6 is 0 Å². The van der Waals surface area contributed by atoms with Crippen molar-refractivity contribution in [2.75, 3.05) is 0 Å². The Balaban J connectivity index is 1.82. The summed E-state index contributed by atoms with van der Waals surface area (Å²) in [5.74, 6) is 1.22. The second-order valence-electron chi connectivity index (χ2n) is 6.49. The molecule has 0 heterocycles. The fourth-order valence-corrected chi connectivity index (χ4v) is 3.98. The molecular weight excluding hydrogens is 235 g/mol. The summed E-state index contributed by atoms with van der Waals surface area (Å²) in [5.41, 5.74) is 2.56. The lowest BCUT2D eigenvalue weighted by Crippen LogP contribution is -2.08. The topological polar surface area (TPSA) is 0 Å². The van der Waals surface area contributed by atoms with Gasteiger partial charge in [-0.3, -0.25) is 0 Å². The highest BCUT2D eigenvalue weighted by atomic mass is 19.1. The van der Waals surface area contributed by atoms with E-state index in [0.29, 0.717) is 11.8 Å². The molecule has 0 radical (unpaired) electrons. The monoisotopic (exact) mass is 260 g/mol. The summed E-state index contributed by atoms with van der Waals surface area (Å²) in [4.78, 5) is 0. The van der Waals surface area contributed by atoms with E-state index >= 15 is 0 Å². The molecule has 1 aromatic carbocycles. The Labute approximate surface area is 116 Å². The van der Waals surface area contributed by atoms with Crippen LogP contribution < -0.4 is 0 Å². The summed E-state index contributed by atoms with van der Waals surface area (Å²) in [6, 6.07) is 5.92. The molecule has 3 rings (SSSR count). The molecule has 1 aromatic rings. The standard InChI is InChI=1S/C18H25F/c19-18-12-16(14-7-3-1-4-8-14)11-17(13-18)15-9-5-2-6-10-15/h11-15H,1-10H2. The normalized spacial score (nSPS) is 22.6. The van der Waals surface area contributed by atoms with Crippen molar-refractivity contribution in [1.82, 2.24) is 0 Å². The molecular formula is C18H25F. The van der Waals surface area contributed by atoms with Crippen molar-refractivity contribution in [3.05, 3.63) is 35.1 Å². The third-order valence-corrected chi connectivity index (χ3v) is 5.10. The first-order valence-electron chi connectivity index (χ1n) is 8.13. The zero-order valence-corrected chi connectivity index (χ0v) is 11.8. The van der Waals surface area contributed by atoms with Crippen molar-refractivity contribution in [3.63, 3.8) is 0 Å². The Hall–Kier alpha value is -0.850. The van der Waals surface area contributed by atoms with E-state index < -0.39 is 0 Å². The van der Waals surface area contributed by atoms with Gasteiger partial charge in [0.05, 0.1) is 0 Å². The molecule has 0 bridgehead atoms. The molecule has 0 saturated heterocycles. The Morgan fingerprint density at radius 2 is 1.05 bits per heavy atom. The Bertz CT molecular complexity index is 375. The van der Waals surface area contributed by atoms with Gasteiger partial charge in [-0.15, -0.1) is 0 Å². The van der Waals surface area contributed by atoms with E-state index in [0.717, 1.165) is 0 Å². The summed E-state index contributed by atoms with van der Waals surface area (Å²) in [6.07, 6.45) is 13.0. The van der Waals surface area contributed by atoms with E-state index in [-0.39, 0.29) is 5.82 Å². The van der Waals surface area contributed by atoms with Crippen molar-refractivity contribution in [3.8, 4) is 0 Å². The van der Waals surface area contributed by atoms with Crippen LogP contribution in [0.5, 0.6) is 0 Å². The third kappa shape index (κ3) is 3.19. The SMILES string of the molecule is Fc1cc(C2CCCCC2)cc(C2CCCCC2)c1. The van der Waals surface area contributed by atoms with Gasteiger partial charge in [0, 0.05) is 0 Å². The molecule has 2 saturated carbocycles. The van der Waals surface area contributed by atoms with Gasteiger partial charge in [-0.25, -0.2) is 4.39 Å². The van der Waals surface area contributed by atoms with Crippen LogP contribution in [-0.2, 0) is 0 Å². The van der Waals surface area contributed by atoms with Gasteiger partial charge in [0.2, 0.25) is 0 Å². The minimum absolute atomic E-state index is 0.0105. The summed E-state index contributed by atoms with van der Waals surface area (Å²) < 4.78 is 13.9. The fourth-order valence-electron chi connectivity index (χ4n) is 3.98. The molecule has 1 heteroatoms. The molecule has 0 atom stereocenters. The molecule has 0 spiro atoms. The summed E-state index contributed by atoms with van der Waals surface area (Å²) in [7, 11) is 0. The van der Waals surface area contributed by atoms with E-state index in [1.54, 1.807) is 12.1 Å². The molecule has 0 nitrogen and oxygen atoms in total. The highest BCUT2D eigenvalue weighted by molar-refractivity contribution is 5.30. The van der Waals surface area contributed by atoms with Crippen molar-refractivity contribution < 1.29 is 4.39 Å². The van der Waals surface area contributed by atoms with E-state index in [2.05, 4.69) is 6.07 Å². The third-order valence-electron chi connectivity index (χ3n) is 5.10. The number of hydrogen-bond acceptors (Lipinski definition) is 0. The Kier molecular flexibility index (Phi) is 4.20. The first-order valence-corrected chi connectivity index (χ1v) is 8.13. The summed E-state index contributed by atoms with van der Waals surface area (Å²) in [6.45, 7) is 0. The van der Waals surface area contributed by atoms with Gasteiger partial charge in [0.15, 0.2) is 0 Å². The predicted molar refractivity (Wildman–Crippen MR) is 78.1 cm³/mol. The number of benzene rings is 1. The second-order valence-corrected chi connectivity index (χ2v) is 6.49. The average molecular weight is 260 g/mol. The van der Waals surface area contributed by atoms with Gasteiger partial charge < -0.3 is 0 Å². The minimum atomic E-state index is -0.0105. The van der Waals surface area contributed by atoms with Crippen LogP contribution in [-0.4, -0.2) is 0 Å². The van der Waals surface area contributed by atoms with Gasteiger partial charge in [0.1, 0.15) is 5.82 Å². The minimum Gasteiger partial charge on any atom is -0.207 e.